The van der Waals surface area contributed by atoms with Crippen LogP contribution in [0, 0.1) is 11.8 Å². The summed E-state index contributed by atoms with van der Waals surface area (Å²) in [7, 11) is 1.94. The second-order valence-electron chi connectivity index (χ2n) is 6.97. The van der Waals surface area contributed by atoms with Gasteiger partial charge in [-0.2, -0.15) is 0 Å². The first-order valence-electron chi connectivity index (χ1n) is 9.38. The average molecular weight is 345 g/mol. The van der Waals surface area contributed by atoms with Crippen molar-refractivity contribution >= 4 is 0 Å². The Kier molecular flexibility index (Phi) is 11.8. The van der Waals surface area contributed by atoms with E-state index in [0.29, 0.717) is 6.04 Å². The predicted octanol–water partition coefficient (Wildman–Crippen LogP) is 6.06. The zero-order valence-electron chi connectivity index (χ0n) is 16.1. The van der Waals surface area contributed by atoms with Crippen LogP contribution >= 0.6 is 0 Å². The van der Waals surface area contributed by atoms with Crippen LogP contribution in [0.3, 0.4) is 0 Å². The fraction of sp³-hybridized carbons (Fsp3) is 0.609. The molecule has 1 saturated carbocycles. The summed E-state index contributed by atoms with van der Waals surface area (Å²) in [5.74, 6) is 1.58. The van der Waals surface area contributed by atoms with Gasteiger partial charge in [0.2, 0.25) is 0 Å². The molecule has 0 radical (unpaired) electrons. The van der Waals surface area contributed by atoms with Crippen molar-refractivity contribution in [1.82, 2.24) is 10.2 Å². The van der Waals surface area contributed by atoms with Crippen molar-refractivity contribution in [3.63, 3.8) is 0 Å². The molecule has 0 aliphatic heterocycles. The van der Waals surface area contributed by atoms with Gasteiger partial charge in [-0.05, 0) is 56.1 Å². The lowest BCUT2D eigenvalue weighted by Crippen LogP contribution is -2.43. The lowest BCUT2D eigenvalue weighted by atomic mass is 9.76. The molecule has 0 aromatic heterocycles. The second-order valence-corrected chi connectivity index (χ2v) is 6.97. The Morgan fingerprint density at radius 3 is 2.64 bits per heavy atom. The molecule has 3 atom stereocenters. The van der Waals surface area contributed by atoms with Crippen LogP contribution in [0.2, 0.25) is 0 Å². The number of hydrogen-bond donors (Lipinski definition) is 1. The molecule has 2 nitrogen and oxygen atoms in total. The monoisotopic (exact) mass is 344 g/mol. The maximum absolute atomic E-state index is 4.33. The molecule has 0 saturated heterocycles. The first kappa shape index (κ1) is 23.3. The quantitative estimate of drug-likeness (QED) is 0.404. The molecule has 0 bridgehead atoms. The molecule has 0 heterocycles. The van der Waals surface area contributed by atoms with Crippen LogP contribution in [0.4, 0.5) is 0 Å². The van der Waals surface area contributed by atoms with Crippen LogP contribution in [0.1, 0.15) is 60.3 Å². The van der Waals surface area contributed by atoms with Crippen LogP contribution in [0.5, 0.6) is 0 Å². The summed E-state index contributed by atoms with van der Waals surface area (Å²) in [6.07, 6.45) is 14.4. The lowest BCUT2D eigenvalue weighted by Gasteiger charge is -2.43. The molecule has 1 N–H and O–H groups in total. The van der Waals surface area contributed by atoms with E-state index in [4.69, 9.17) is 0 Å². The summed E-state index contributed by atoms with van der Waals surface area (Å²) in [5.41, 5.74) is 5.44. The van der Waals surface area contributed by atoms with Crippen molar-refractivity contribution in [2.45, 2.75) is 66.3 Å². The second kappa shape index (κ2) is 12.7. The summed E-state index contributed by atoms with van der Waals surface area (Å²) < 4.78 is 0. The Morgan fingerprint density at radius 1 is 1.36 bits per heavy atom. The maximum Gasteiger partial charge on any atom is 0.0446 e. The fourth-order valence-corrected chi connectivity index (χ4v) is 3.82. The van der Waals surface area contributed by atoms with E-state index >= 15 is 0 Å². The molecule has 1 aliphatic rings. The van der Waals surface area contributed by atoms with E-state index in [1.165, 1.54) is 37.7 Å². The molecule has 2 heteroatoms. The number of rotatable bonds is 9. The van der Waals surface area contributed by atoms with Gasteiger partial charge < -0.3 is 10.2 Å². The standard InChI is InChI=1S/C22H36N2.CH4/c1-7-10-12-19(5)24(17-20(9-3)16-23-6)22-14-13-18(4)15-21(22)11-8-2;/h7,9,12,16,18,21-23H,3,5,8,11,13-15,17H2,1-2,4,6H3;1H4/b20-16+;. The molecule has 142 valence electrons. The topological polar surface area (TPSA) is 15.3 Å². The molecule has 0 spiro atoms. The largest absolute Gasteiger partial charge is 0.394 e. The Balaban J connectivity index is 0.00000576. The summed E-state index contributed by atoms with van der Waals surface area (Å²) in [4.78, 5) is 2.48. The van der Waals surface area contributed by atoms with E-state index in [9.17, 15) is 0 Å². The number of hydrogen-bond acceptors (Lipinski definition) is 2. The minimum atomic E-state index is 0. The predicted molar refractivity (Wildman–Crippen MR) is 113 cm³/mol. The molecule has 1 rings (SSSR count). The first-order valence-corrected chi connectivity index (χ1v) is 9.38. The van der Waals surface area contributed by atoms with Gasteiger partial charge in [-0.3, -0.25) is 0 Å². The summed E-state index contributed by atoms with van der Waals surface area (Å²) in [6.45, 7) is 15.8. The van der Waals surface area contributed by atoms with E-state index in [1.807, 2.05) is 38.4 Å². The van der Waals surface area contributed by atoms with Gasteiger partial charge >= 0.3 is 0 Å². The van der Waals surface area contributed by atoms with Crippen molar-refractivity contribution in [2.24, 2.45) is 11.8 Å². The van der Waals surface area contributed by atoms with Gasteiger partial charge in [0, 0.05) is 37.6 Å². The first-order chi connectivity index (χ1) is 11.6. The van der Waals surface area contributed by atoms with Crippen molar-refractivity contribution in [3.8, 4) is 0 Å². The molecule has 25 heavy (non-hydrogen) atoms. The van der Waals surface area contributed by atoms with E-state index in [1.54, 1.807) is 0 Å². The Labute approximate surface area is 157 Å². The minimum Gasteiger partial charge on any atom is -0.394 e. The molecule has 1 aliphatic carbocycles. The van der Waals surface area contributed by atoms with Crippen LogP contribution in [0.25, 0.3) is 0 Å². The molecule has 0 aromatic rings. The summed E-state index contributed by atoms with van der Waals surface area (Å²) in [5, 5.41) is 3.13. The maximum atomic E-state index is 4.33. The third-order valence-electron chi connectivity index (χ3n) is 4.99. The molecule has 0 aromatic carbocycles. The Bertz CT molecular complexity index is 494. The van der Waals surface area contributed by atoms with E-state index in [2.05, 4.69) is 43.0 Å². The van der Waals surface area contributed by atoms with Gasteiger partial charge in [-0.15, -0.1) is 5.73 Å². The zero-order valence-corrected chi connectivity index (χ0v) is 16.1. The Hall–Kier alpha value is -1.66. The highest BCUT2D eigenvalue weighted by Crippen LogP contribution is 2.36. The SMILES string of the molecule is C.C=C/C(=C\NC)CN(C(=C)C=C=CC)C1CCC(C)CC1CCC. The molecule has 0 amide bonds. The van der Waals surface area contributed by atoms with Crippen molar-refractivity contribution in [3.05, 3.63) is 54.6 Å². The van der Waals surface area contributed by atoms with Gasteiger partial charge in [0.05, 0.1) is 0 Å². The summed E-state index contributed by atoms with van der Waals surface area (Å²) in [6, 6.07) is 0.559. The third kappa shape index (κ3) is 7.40. The van der Waals surface area contributed by atoms with Crippen molar-refractivity contribution in [1.29, 1.82) is 0 Å². The van der Waals surface area contributed by atoms with Crippen LogP contribution in [0.15, 0.2) is 54.6 Å². The number of nitrogens with zero attached hydrogens (tertiary/aromatic N) is 1. The van der Waals surface area contributed by atoms with Gasteiger partial charge in [-0.1, -0.05) is 46.9 Å². The van der Waals surface area contributed by atoms with Gasteiger partial charge in [0.1, 0.15) is 0 Å². The smallest absolute Gasteiger partial charge is 0.0446 e. The van der Waals surface area contributed by atoms with Crippen LogP contribution in [-0.4, -0.2) is 24.5 Å². The Morgan fingerprint density at radius 2 is 2.08 bits per heavy atom. The molecular formula is C23H40N2. The van der Waals surface area contributed by atoms with E-state index < -0.39 is 0 Å². The highest BCUT2D eigenvalue weighted by atomic mass is 15.2. The van der Waals surface area contributed by atoms with Crippen molar-refractivity contribution < 1.29 is 0 Å². The molecule has 3 unspecified atom stereocenters. The lowest BCUT2D eigenvalue weighted by molar-refractivity contribution is 0.117. The highest BCUT2D eigenvalue weighted by molar-refractivity contribution is 5.23. The zero-order chi connectivity index (χ0) is 17.9. The third-order valence-corrected chi connectivity index (χ3v) is 4.99. The van der Waals surface area contributed by atoms with Gasteiger partial charge in [0.25, 0.3) is 0 Å². The van der Waals surface area contributed by atoms with E-state index in [0.717, 1.165) is 24.1 Å². The van der Waals surface area contributed by atoms with E-state index in [-0.39, 0.29) is 7.43 Å². The fourth-order valence-electron chi connectivity index (χ4n) is 3.82. The van der Waals surface area contributed by atoms with Crippen LogP contribution in [-0.2, 0) is 0 Å². The normalized spacial score (nSPS) is 22.9. The van der Waals surface area contributed by atoms with Gasteiger partial charge in [-0.25, -0.2) is 0 Å². The summed E-state index contributed by atoms with van der Waals surface area (Å²) >= 11 is 0. The average Bonchev–Trinajstić information content (AvgIpc) is 2.57. The molecular weight excluding hydrogens is 304 g/mol. The highest BCUT2D eigenvalue weighted by Gasteiger charge is 2.32. The van der Waals surface area contributed by atoms with Gasteiger partial charge in [0.15, 0.2) is 0 Å². The number of allylic oxidation sites excluding steroid dienone is 1. The number of nitrogens with one attached hydrogen (secondary N) is 1. The molecule has 1 fully saturated rings. The van der Waals surface area contributed by atoms with Crippen molar-refractivity contribution in [2.75, 3.05) is 13.6 Å². The van der Waals surface area contributed by atoms with Crippen LogP contribution < -0.4 is 5.32 Å². The minimum absolute atomic E-state index is 0.